The zero-order valence-corrected chi connectivity index (χ0v) is 9.66. The van der Waals surface area contributed by atoms with E-state index in [2.05, 4.69) is 6.92 Å². The van der Waals surface area contributed by atoms with E-state index in [4.69, 9.17) is 14.2 Å². The van der Waals surface area contributed by atoms with Crippen LogP contribution in [-0.2, 0) is 19.0 Å². The van der Waals surface area contributed by atoms with Gasteiger partial charge in [-0.05, 0) is 12.8 Å². The summed E-state index contributed by atoms with van der Waals surface area (Å²) in [6.45, 7) is 8.78. The highest BCUT2D eigenvalue weighted by atomic mass is 16.7. The van der Waals surface area contributed by atoms with Crippen LogP contribution in [-0.4, -0.2) is 32.1 Å². The van der Waals surface area contributed by atoms with Crippen molar-refractivity contribution in [2.24, 2.45) is 0 Å². The SMILES string of the molecule is [CH2]CCOCCC(OCCC)OC(C)=O. The predicted octanol–water partition coefficient (Wildman–Crippen LogP) is 1.93. The lowest BCUT2D eigenvalue weighted by Crippen LogP contribution is -2.22. The monoisotopic (exact) mass is 217 g/mol. The van der Waals surface area contributed by atoms with Gasteiger partial charge in [0.1, 0.15) is 0 Å². The molecule has 1 unspecified atom stereocenters. The summed E-state index contributed by atoms with van der Waals surface area (Å²) in [6, 6.07) is 0. The fourth-order valence-corrected chi connectivity index (χ4v) is 0.994. The zero-order valence-electron chi connectivity index (χ0n) is 9.66. The maximum atomic E-state index is 10.8. The molecule has 0 amide bonds. The number of rotatable bonds is 9. The molecule has 0 aromatic rings. The lowest BCUT2D eigenvalue weighted by atomic mass is 10.4. The van der Waals surface area contributed by atoms with Crippen molar-refractivity contribution in [2.45, 2.75) is 39.4 Å². The van der Waals surface area contributed by atoms with Gasteiger partial charge in [-0.3, -0.25) is 4.79 Å². The van der Waals surface area contributed by atoms with Crippen LogP contribution in [0, 0.1) is 6.92 Å². The second kappa shape index (κ2) is 9.93. The molecule has 0 aliphatic rings. The zero-order chi connectivity index (χ0) is 11.5. The van der Waals surface area contributed by atoms with Crippen LogP contribution in [0.4, 0.5) is 0 Å². The third-order valence-electron chi connectivity index (χ3n) is 1.59. The van der Waals surface area contributed by atoms with Gasteiger partial charge in [0, 0.05) is 20.0 Å². The van der Waals surface area contributed by atoms with Gasteiger partial charge in [0.2, 0.25) is 6.29 Å². The van der Waals surface area contributed by atoms with Crippen LogP contribution in [0.5, 0.6) is 0 Å². The minimum Gasteiger partial charge on any atom is -0.436 e. The van der Waals surface area contributed by atoms with Gasteiger partial charge in [-0.1, -0.05) is 13.8 Å². The molecule has 89 valence electrons. The molecule has 1 atom stereocenters. The van der Waals surface area contributed by atoms with E-state index in [1.165, 1.54) is 6.92 Å². The van der Waals surface area contributed by atoms with Crippen molar-refractivity contribution in [1.29, 1.82) is 0 Å². The van der Waals surface area contributed by atoms with Crippen molar-refractivity contribution >= 4 is 5.97 Å². The van der Waals surface area contributed by atoms with E-state index in [1.807, 2.05) is 6.92 Å². The summed E-state index contributed by atoms with van der Waals surface area (Å²) in [5, 5.41) is 0. The van der Waals surface area contributed by atoms with Crippen LogP contribution in [0.3, 0.4) is 0 Å². The smallest absolute Gasteiger partial charge is 0.304 e. The average molecular weight is 217 g/mol. The van der Waals surface area contributed by atoms with Gasteiger partial charge in [0.15, 0.2) is 0 Å². The topological polar surface area (TPSA) is 44.8 Å². The lowest BCUT2D eigenvalue weighted by Gasteiger charge is -2.17. The minimum absolute atomic E-state index is 0.326. The first-order chi connectivity index (χ1) is 7.20. The molecule has 0 N–H and O–H groups in total. The standard InChI is InChI=1S/C11H21O4/c1-4-7-13-9-6-11(14-8-5-2)15-10(3)12/h11H,1,4-9H2,2-3H3. The molecule has 0 aliphatic carbocycles. The Morgan fingerprint density at radius 2 is 2.07 bits per heavy atom. The Kier molecular flexibility index (Phi) is 9.52. The van der Waals surface area contributed by atoms with Gasteiger partial charge in [-0.15, -0.1) is 0 Å². The molecular weight excluding hydrogens is 196 g/mol. The van der Waals surface area contributed by atoms with E-state index < -0.39 is 6.29 Å². The number of carbonyl (C=O) groups excluding carboxylic acids is 1. The molecule has 0 aromatic carbocycles. The quantitative estimate of drug-likeness (QED) is 0.336. The molecule has 0 saturated carbocycles. The van der Waals surface area contributed by atoms with Crippen molar-refractivity contribution in [3.63, 3.8) is 0 Å². The maximum absolute atomic E-state index is 10.8. The Balaban J connectivity index is 3.64. The summed E-state index contributed by atoms with van der Waals surface area (Å²) in [5.74, 6) is -0.326. The van der Waals surface area contributed by atoms with Gasteiger partial charge in [-0.25, -0.2) is 0 Å². The van der Waals surface area contributed by atoms with Gasteiger partial charge >= 0.3 is 5.97 Å². The van der Waals surface area contributed by atoms with Crippen molar-refractivity contribution in [2.75, 3.05) is 19.8 Å². The molecule has 0 aliphatic heterocycles. The summed E-state index contributed by atoms with van der Waals surface area (Å²) < 4.78 is 15.6. The molecule has 0 saturated heterocycles. The number of hydrogen-bond donors (Lipinski definition) is 0. The van der Waals surface area contributed by atoms with Crippen LogP contribution in [0.15, 0.2) is 0 Å². The molecular formula is C11H21O4. The summed E-state index contributed by atoms with van der Waals surface area (Å²) in [4.78, 5) is 10.8. The molecule has 0 fully saturated rings. The Labute approximate surface area is 91.9 Å². The van der Waals surface area contributed by atoms with E-state index in [0.29, 0.717) is 26.2 Å². The van der Waals surface area contributed by atoms with Gasteiger partial charge < -0.3 is 14.2 Å². The third-order valence-corrected chi connectivity index (χ3v) is 1.59. The van der Waals surface area contributed by atoms with Crippen molar-refractivity contribution in [1.82, 2.24) is 0 Å². The largest absolute Gasteiger partial charge is 0.436 e. The highest BCUT2D eigenvalue weighted by Crippen LogP contribution is 2.03. The van der Waals surface area contributed by atoms with Crippen LogP contribution in [0.1, 0.15) is 33.1 Å². The van der Waals surface area contributed by atoms with Gasteiger partial charge in [0.05, 0.1) is 13.2 Å². The Morgan fingerprint density at radius 1 is 1.33 bits per heavy atom. The van der Waals surface area contributed by atoms with Crippen molar-refractivity contribution in [3.05, 3.63) is 6.92 Å². The first-order valence-electron chi connectivity index (χ1n) is 5.36. The summed E-state index contributed by atoms with van der Waals surface area (Å²) in [6.07, 6.45) is 1.73. The van der Waals surface area contributed by atoms with Crippen LogP contribution < -0.4 is 0 Å². The normalized spacial score (nSPS) is 12.5. The predicted molar refractivity (Wildman–Crippen MR) is 57.2 cm³/mol. The molecule has 0 aromatic heterocycles. The molecule has 0 rings (SSSR count). The first kappa shape index (κ1) is 14.4. The average Bonchev–Trinajstić information content (AvgIpc) is 2.19. The molecule has 15 heavy (non-hydrogen) atoms. The van der Waals surface area contributed by atoms with Crippen LogP contribution in [0.25, 0.3) is 0 Å². The van der Waals surface area contributed by atoms with Crippen LogP contribution in [0.2, 0.25) is 0 Å². The summed E-state index contributed by atoms with van der Waals surface area (Å²) in [5.41, 5.74) is 0. The second-order valence-corrected chi connectivity index (χ2v) is 3.16. The highest BCUT2D eigenvalue weighted by Gasteiger charge is 2.11. The minimum atomic E-state index is -0.479. The van der Waals surface area contributed by atoms with E-state index >= 15 is 0 Å². The molecule has 4 heteroatoms. The molecule has 0 heterocycles. The second-order valence-electron chi connectivity index (χ2n) is 3.16. The molecule has 0 bridgehead atoms. The van der Waals surface area contributed by atoms with Crippen molar-refractivity contribution in [3.8, 4) is 0 Å². The van der Waals surface area contributed by atoms with E-state index in [9.17, 15) is 4.79 Å². The Hall–Kier alpha value is -0.610. The third kappa shape index (κ3) is 9.69. The fourth-order valence-electron chi connectivity index (χ4n) is 0.994. The van der Waals surface area contributed by atoms with Crippen molar-refractivity contribution < 1.29 is 19.0 Å². The molecule has 1 radical (unpaired) electrons. The van der Waals surface area contributed by atoms with E-state index in [-0.39, 0.29) is 5.97 Å². The number of ether oxygens (including phenoxy) is 3. The van der Waals surface area contributed by atoms with E-state index in [1.54, 1.807) is 0 Å². The van der Waals surface area contributed by atoms with Crippen LogP contribution >= 0.6 is 0 Å². The number of carbonyl (C=O) groups is 1. The Morgan fingerprint density at radius 3 is 2.60 bits per heavy atom. The Bertz CT molecular complexity index is 159. The molecule has 0 spiro atoms. The summed E-state index contributed by atoms with van der Waals surface area (Å²) >= 11 is 0. The summed E-state index contributed by atoms with van der Waals surface area (Å²) in [7, 11) is 0. The number of esters is 1. The molecule has 4 nitrogen and oxygen atoms in total. The van der Waals surface area contributed by atoms with E-state index in [0.717, 1.165) is 12.8 Å². The maximum Gasteiger partial charge on any atom is 0.304 e. The van der Waals surface area contributed by atoms with Gasteiger partial charge in [0.25, 0.3) is 0 Å². The first-order valence-corrected chi connectivity index (χ1v) is 5.36. The number of hydrogen-bond acceptors (Lipinski definition) is 4. The fraction of sp³-hybridized carbons (Fsp3) is 0.818. The lowest BCUT2D eigenvalue weighted by molar-refractivity contribution is -0.179. The van der Waals surface area contributed by atoms with Gasteiger partial charge in [-0.2, -0.15) is 0 Å². The highest BCUT2D eigenvalue weighted by molar-refractivity contribution is 5.66.